The lowest BCUT2D eigenvalue weighted by Crippen LogP contribution is -2.21. The van der Waals surface area contributed by atoms with Crippen LogP contribution in [0.25, 0.3) is 0 Å². The third kappa shape index (κ3) is 1.98. The van der Waals surface area contributed by atoms with E-state index < -0.39 is 8.80 Å². The first kappa shape index (κ1) is 9.72. The molecule has 0 heterocycles. The Hall–Kier alpha value is -0.823. The van der Waals surface area contributed by atoms with Gasteiger partial charge in [-0.15, -0.1) is 0 Å². The zero-order valence-corrected chi connectivity index (χ0v) is 10.2. The first-order chi connectivity index (χ1) is 6.77. The van der Waals surface area contributed by atoms with E-state index in [2.05, 4.69) is 49.5 Å². The normalized spacial score (nSPS) is 20.5. The second kappa shape index (κ2) is 4.14. The van der Waals surface area contributed by atoms with Crippen LogP contribution in [0, 0.1) is 0 Å². The molecule has 74 valence electrons. The minimum atomic E-state index is -0.445. The second-order valence-electron chi connectivity index (χ2n) is 4.53. The molecule has 0 saturated heterocycles. The van der Waals surface area contributed by atoms with Crippen molar-refractivity contribution in [3.05, 3.63) is 47.5 Å². The molecule has 0 aliphatic heterocycles. The van der Waals surface area contributed by atoms with Crippen molar-refractivity contribution in [2.75, 3.05) is 0 Å². The Morgan fingerprint density at radius 1 is 1.21 bits per heavy atom. The topological polar surface area (TPSA) is 0 Å². The summed E-state index contributed by atoms with van der Waals surface area (Å²) in [5.41, 5.74) is 4.16. The summed E-state index contributed by atoms with van der Waals surface area (Å²) in [4.78, 5) is 0. The highest BCUT2D eigenvalue weighted by Gasteiger charge is 2.24. The quantitative estimate of drug-likeness (QED) is 0.520. The Kier molecular flexibility index (Phi) is 2.87. The highest BCUT2D eigenvalue weighted by Crippen LogP contribution is 2.37. The molecule has 1 heteroatoms. The van der Waals surface area contributed by atoms with E-state index in [1.165, 1.54) is 18.4 Å². The molecule has 14 heavy (non-hydrogen) atoms. The molecule has 0 nitrogen and oxygen atoms in total. The molecular formula is C13H18Si. The smallest absolute Gasteiger partial charge is 0.0388 e. The van der Waals surface area contributed by atoms with E-state index in [4.69, 9.17) is 0 Å². The molecule has 0 amide bonds. The largest absolute Gasteiger partial charge is 0.0847 e. The fourth-order valence-electron chi connectivity index (χ4n) is 2.16. The predicted molar refractivity (Wildman–Crippen MR) is 65.5 cm³/mol. The molecule has 1 atom stereocenters. The predicted octanol–water partition coefficient (Wildman–Crippen LogP) is 3.42. The molecule has 0 radical (unpaired) electrons. The Morgan fingerprint density at radius 2 is 1.93 bits per heavy atom. The molecule has 0 bridgehead atoms. The second-order valence-corrected chi connectivity index (χ2v) is 7.82. The lowest BCUT2D eigenvalue weighted by atomic mass is 9.92. The van der Waals surface area contributed by atoms with Crippen LogP contribution in [-0.2, 0) is 6.42 Å². The van der Waals surface area contributed by atoms with Crippen LogP contribution in [0.15, 0.2) is 42.0 Å². The molecule has 1 aliphatic carbocycles. The summed E-state index contributed by atoms with van der Waals surface area (Å²) in [6.07, 6.45) is 4.98. The van der Waals surface area contributed by atoms with Gasteiger partial charge in [0.15, 0.2) is 0 Å². The summed E-state index contributed by atoms with van der Waals surface area (Å²) < 4.78 is 0. The molecule has 0 spiro atoms. The maximum absolute atomic E-state index is 2.46. The summed E-state index contributed by atoms with van der Waals surface area (Å²) >= 11 is 0. The van der Waals surface area contributed by atoms with Gasteiger partial charge in [0, 0.05) is 8.80 Å². The Balaban J connectivity index is 2.00. The van der Waals surface area contributed by atoms with Crippen molar-refractivity contribution in [3.63, 3.8) is 0 Å². The third-order valence-corrected chi connectivity index (χ3v) is 5.48. The lowest BCUT2D eigenvalue weighted by molar-refractivity contribution is 0.809. The van der Waals surface area contributed by atoms with Crippen molar-refractivity contribution in [2.45, 2.75) is 31.5 Å². The molecule has 0 N–H and O–H groups in total. The van der Waals surface area contributed by atoms with E-state index in [9.17, 15) is 0 Å². The van der Waals surface area contributed by atoms with Crippen LogP contribution < -0.4 is 0 Å². The number of hydrogen-bond acceptors (Lipinski definition) is 0. The van der Waals surface area contributed by atoms with Crippen molar-refractivity contribution in [1.82, 2.24) is 0 Å². The molecule has 0 saturated carbocycles. The van der Waals surface area contributed by atoms with Crippen LogP contribution in [0.4, 0.5) is 0 Å². The van der Waals surface area contributed by atoms with E-state index in [1.807, 2.05) is 0 Å². The first-order valence-electron chi connectivity index (χ1n) is 5.50. The Morgan fingerprint density at radius 3 is 2.43 bits per heavy atom. The summed E-state index contributed by atoms with van der Waals surface area (Å²) in [6, 6.07) is 10.8. The molecule has 1 unspecified atom stereocenters. The van der Waals surface area contributed by atoms with Crippen molar-refractivity contribution < 1.29 is 0 Å². The van der Waals surface area contributed by atoms with Crippen molar-refractivity contribution in [3.8, 4) is 0 Å². The number of benzene rings is 1. The lowest BCUT2D eigenvalue weighted by Gasteiger charge is -2.30. The Bertz CT molecular complexity index is 324. The molecule has 1 aromatic carbocycles. The van der Waals surface area contributed by atoms with E-state index in [0.29, 0.717) is 0 Å². The maximum atomic E-state index is 2.46. The van der Waals surface area contributed by atoms with Gasteiger partial charge in [-0.25, -0.2) is 0 Å². The standard InChI is InChI=1S/C13H18Si/c1-14(2)13-9-8-12(13)10-11-6-4-3-5-7-11/h3-8,13-14H,9-10H2,1-2H3. The van der Waals surface area contributed by atoms with E-state index in [-0.39, 0.29) is 0 Å². The van der Waals surface area contributed by atoms with Crippen LogP contribution in [0.2, 0.25) is 18.6 Å². The van der Waals surface area contributed by atoms with Crippen LogP contribution in [0.3, 0.4) is 0 Å². The zero-order chi connectivity index (χ0) is 9.97. The van der Waals surface area contributed by atoms with Crippen LogP contribution >= 0.6 is 0 Å². The molecule has 0 aromatic heterocycles. The molecule has 1 aromatic rings. The van der Waals surface area contributed by atoms with E-state index in [1.54, 1.807) is 5.57 Å². The number of hydrogen-bond donors (Lipinski definition) is 0. The zero-order valence-electron chi connectivity index (χ0n) is 9.03. The van der Waals surface area contributed by atoms with Crippen LogP contribution in [0.1, 0.15) is 12.0 Å². The van der Waals surface area contributed by atoms with Crippen molar-refractivity contribution in [1.29, 1.82) is 0 Å². The fourth-order valence-corrected chi connectivity index (χ4v) is 3.95. The fraction of sp³-hybridized carbons (Fsp3) is 0.385. The average molecular weight is 202 g/mol. The highest BCUT2D eigenvalue weighted by molar-refractivity contribution is 6.58. The van der Waals surface area contributed by atoms with Crippen molar-refractivity contribution in [2.24, 2.45) is 0 Å². The van der Waals surface area contributed by atoms with E-state index in [0.717, 1.165) is 5.54 Å². The monoisotopic (exact) mass is 202 g/mol. The van der Waals surface area contributed by atoms with Gasteiger partial charge in [-0.1, -0.05) is 55.1 Å². The van der Waals surface area contributed by atoms with E-state index >= 15 is 0 Å². The summed E-state index contributed by atoms with van der Waals surface area (Å²) in [7, 11) is -0.445. The summed E-state index contributed by atoms with van der Waals surface area (Å²) in [6.45, 7) is 4.92. The Labute approximate surface area is 88.3 Å². The number of rotatable bonds is 3. The average Bonchev–Trinajstić information content (AvgIpc) is 2.13. The van der Waals surface area contributed by atoms with Gasteiger partial charge in [0.05, 0.1) is 0 Å². The van der Waals surface area contributed by atoms with Gasteiger partial charge in [-0.05, 0) is 23.9 Å². The minimum absolute atomic E-state index is 0.445. The first-order valence-corrected chi connectivity index (χ1v) is 8.48. The molecule has 1 aliphatic rings. The van der Waals surface area contributed by atoms with Crippen LogP contribution in [0.5, 0.6) is 0 Å². The number of allylic oxidation sites excluding steroid dienone is 2. The minimum Gasteiger partial charge on any atom is -0.0847 e. The molecular weight excluding hydrogens is 184 g/mol. The van der Waals surface area contributed by atoms with Crippen molar-refractivity contribution >= 4 is 8.80 Å². The SMILES string of the molecule is C[SiH](C)C1CC=C1Cc1ccccc1. The van der Waals surface area contributed by atoms with Gasteiger partial charge in [0.1, 0.15) is 0 Å². The molecule has 0 fully saturated rings. The van der Waals surface area contributed by atoms with Crippen LogP contribution in [-0.4, -0.2) is 8.80 Å². The van der Waals surface area contributed by atoms with Gasteiger partial charge in [-0.3, -0.25) is 0 Å². The van der Waals surface area contributed by atoms with Gasteiger partial charge in [0.2, 0.25) is 0 Å². The van der Waals surface area contributed by atoms with Gasteiger partial charge < -0.3 is 0 Å². The van der Waals surface area contributed by atoms with Gasteiger partial charge in [-0.2, -0.15) is 0 Å². The highest BCUT2D eigenvalue weighted by atomic mass is 28.3. The summed E-state index contributed by atoms with van der Waals surface area (Å²) in [5.74, 6) is 0. The maximum Gasteiger partial charge on any atom is 0.0388 e. The van der Waals surface area contributed by atoms with Gasteiger partial charge in [0.25, 0.3) is 0 Å². The third-order valence-electron chi connectivity index (χ3n) is 3.17. The van der Waals surface area contributed by atoms with Gasteiger partial charge >= 0.3 is 0 Å². The summed E-state index contributed by atoms with van der Waals surface area (Å²) in [5, 5.41) is 0. The molecule has 2 rings (SSSR count).